The van der Waals surface area contributed by atoms with Gasteiger partial charge >= 0.3 is 0 Å². The highest BCUT2D eigenvalue weighted by Crippen LogP contribution is 2.33. The van der Waals surface area contributed by atoms with E-state index >= 15 is 0 Å². The van der Waals surface area contributed by atoms with Gasteiger partial charge in [-0.15, -0.1) is 11.3 Å². The van der Waals surface area contributed by atoms with Gasteiger partial charge in [0, 0.05) is 24.2 Å². The molecule has 1 aliphatic heterocycles. The van der Waals surface area contributed by atoms with Gasteiger partial charge in [0.05, 0.1) is 0 Å². The largest absolute Gasteiger partial charge is 0.317 e. The van der Waals surface area contributed by atoms with Gasteiger partial charge in [0.2, 0.25) is 0 Å². The molecule has 1 aromatic rings. The number of piperidine rings is 1. The molecule has 0 saturated carbocycles. The van der Waals surface area contributed by atoms with E-state index < -0.39 is 0 Å². The van der Waals surface area contributed by atoms with E-state index in [4.69, 9.17) is 0 Å². The Balaban J connectivity index is 1.82. The van der Waals surface area contributed by atoms with Crippen molar-refractivity contribution >= 4 is 11.3 Å². The highest BCUT2D eigenvalue weighted by Gasteiger charge is 2.30. The molecule has 0 radical (unpaired) electrons. The summed E-state index contributed by atoms with van der Waals surface area (Å²) in [6.07, 6.45) is 5.26. The summed E-state index contributed by atoms with van der Waals surface area (Å²) in [5, 5.41) is 10.4. The maximum absolute atomic E-state index is 4.51. The number of nitrogens with one attached hydrogen (secondary N) is 2. The average molecular weight is 267 g/mol. The molecule has 0 bridgehead atoms. The van der Waals surface area contributed by atoms with Crippen LogP contribution in [0.3, 0.4) is 0 Å². The third kappa shape index (κ3) is 3.77. The van der Waals surface area contributed by atoms with Crippen LogP contribution >= 0.6 is 11.3 Å². The second kappa shape index (κ2) is 6.64. The summed E-state index contributed by atoms with van der Waals surface area (Å²) in [5.74, 6) is 0. The fraction of sp³-hybridized carbons (Fsp3) is 0.786. The summed E-state index contributed by atoms with van der Waals surface area (Å²) >= 11 is 1.76. The van der Waals surface area contributed by atoms with Gasteiger partial charge in [0.25, 0.3) is 0 Å². The molecule has 1 saturated heterocycles. The molecule has 0 aromatic carbocycles. The number of aromatic nitrogens is 1. The molecule has 1 aliphatic rings. The zero-order valence-corrected chi connectivity index (χ0v) is 12.4. The van der Waals surface area contributed by atoms with E-state index in [1.54, 1.807) is 11.3 Å². The summed E-state index contributed by atoms with van der Waals surface area (Å²) in [6.45, 7) is 8.79. The van der Waals surface area contributed by atoms with Crippen molar-refractivity contribution in [2.24, 2.45) is 5.41 Å². The molecule has 2 N–H and O–H groups in total. The Morgan fingerprint density at radius 3 is 2.83 bits per heavy atom. The zero-order chi connectivity index (χ0) is 12.8. The fourth-order valence-electron chi connectivity index (χ4n) is 2.92. The average Bonchev–Trinajstić information content (AvgIpc) is 2.77. The normalized spacial score (nSPS) is 19.0. The van der Waals surface area contributed by atoms with Crippen LogP contribution in [0.5, 0.6) is 0 Å². The molecule has 0 amide bonds. The van der Waals surface area contributed by atoms with Gasteiger partial charge in [0.1, 0.15) is 5.01 Å². The molecule has 1 aromatic heterocycles. The highest BCUT2D eigenvalue weighted by atomic mass is 32.1. The van der Waals surface area contributed by atoms with Crippen LogP contribution in [-0.4, -0.2) is 24.6 Å². The lowest BCUT2D eigenvalue weighted by molar-refractivity contribution is 0.176. The van der Waals surface area contributed by atoms with Crippen LogP contribution in [0.1, 0.15) is 43.3 Å². The molecule has 102 valence electrons. The van der Waals surface area contributed by atoms with Crippen molar-refractivity contribution in [2.75, 3.05) is 19.6 Å². The van der Waals surface area contributed by atoms with Crippen LogP contribution in [0.4, 0.5) is 0 Å². The van der Waals surface area contributed by atoms with Gasteiger partial charge in [0.15, 0.2) is 0 Å². The molecular weight excluding hydrogens is 242 g/mol. The first-order chi connectivity index (χ1) is 8.74. The van der Waals surface area contributed by atoms with Crippen LogP contribution in [0.15, 0.2) is 5.38 Å². The van der Waals surface area contributed by atoms with E-state index in [-0.39, 0.29) is 0 Å². The van der Waals surface area contributed by atoms with E-state index in [0.717, 1.165) is 18.8 Å². The third-order valence-corrected chi connectivity index (χ3v) is 4.85. The van der Waals surface area contributed by atoms with Gasteiger partial charge in [-0.1, -0.05) is 13.3 Å². The molecule has 0 atom stereocenters. The monoisotopic (exact) mass is 267 g/mol. The first-order valence-electron chi connectivity index (χ1n) is 7.06. The van der Waals surface area contributed by atoms with Crippen LogP contribution < -0.4 is 10.6 Å². The maximum Gasteiger partial charge on any atom is 0.107 e. The van der Waals surface area contributed by atoms with Gasteiger partial charge in [-0.3, -0.25) is 0 Å². The van der Waals surface area contributed by atoms with Crippen LogP contribution in [0.2, 0.25) is 0 Å². The Morgan fingerprint density at radius 1 is 1.44 bits per heavy atom. The Bertz CT molecular complexity index is 350. The van der Waals surface area contributed by atoms with Gasteiger partial charge in [-0.25, -0.2) is 4.98 Å². The maximum atomic E-state index is 4.51. The van der Waals surface area contributed by atoms with Gasteiger partial charge in [-0.2, -0.15) is 0 Å². The number of rotatable bonds is 6. The Kier molecular flexibility index (Phi) is 5.15. The number of hydrogen-bond donors (Lipinski definition) is 2. The summed E-state index contributed by atoms with van der Waals surface area (Å²) in [4.78, 5) is 4.51. The van der Waals surface area contributed by atoms with Crippen molar-refractivity contribution in [1.82, 2.24) is 15.6 Å². The lowest BCUT2D eigenvalue weighted by Crippen LogP contribution is -2.43. The number of nitrogens with zero attached hydrogens (tertiary/aromatic N) is 1. The van der Waals surface area contributed by atoms with Crippen molar-refractivity contribution in [3.05, 3.63) is 16.1 Å². The minimum Gasteiger partial charge on any atom is -0.317 e. The minimum atomic E-state index is 0.520. The van der Waals surface area contributed by atoms with E-state index in [1.165, 1.54) is 43.8 Å². The number of hydrogen-bond acceptors (Lipinski definition) is 4. The third-order valence-electron chi connectivity index (χ3n) is 3.89. The molecule has 0 aliphatic carbocycles. The van der Waals surface area contributed by atoms with Gasteiger partial charge in [-0.05, 0) is 44.7 Å². The van der Waals surface area contributed by atoms with Crippen molar-refractivity contribution in [3.8, 4) is 0 Å². The number of aryl methyl sites for hydroxylation is 1. The van der Waals surface area contributed by atoms with Crippen LogP contribution in [-0.2, 0) is 6.54 Å². The minimum absolute atomic E-state index is 0.520. The molecule has 0 unspecified atom stereocenters. The molecule has 3 nitrogen and oxygen atoms in total. The predicted octanol–water partition coefficient (Wildman–Crippen LogP) is 2.71. The van der Waals surface area contributed by atoms with E-state index in [2.05, 4.69) is 34.8 Å². The molecular formula is C14H25N3S. The Labute approximate surface area is 114 Å². The SMILES string of the molecule is CCCC1(CNCc2nc(C)cs2)CCNCC1. The summed E-state index contributed by atoms with van der Waals surface area (Å²) in [6, 6.07) is 0. The Morgan fingerprint density at radius 2 is 2.22 bits per heavy atom. The summed E-state index contributed by atoms with van der Waals surface area (Å²) in [5.41, 5.74) is 1.66. The second-order valence-electron chi connectivity index (χ2n) is 5.49. The van der Waals surface area contributed by atoms with Crippen molar-refractivity contribution in [3.63, 3.8) is 0 Å². The standard InChI is InChI=1S/C14H25N3S/c1-3-4-14(5-7-15-8-6-14)11-16-9-13-17-12(2)10-18-13/h10,15-16H,3-9,11H2,1-2H3. The first-order valence-corrected chi connectivity index (χ1v) is 7.94. The summed E-state index contributed by atoms with van der Waals surface area (Å²) in [7, 11) is 0. The van der Waals surface area contributed by atoms with Crippen molar-refractivity contribution in [2.45, 2.75) is 46.1 Å². The molecule has 0 spiro atoms. The topological polar surface area (TPSA) is 37.0 Å². The van der Waals surface area contributed by atoms with Crippen LogP contribution in [0, 0.1) is 12.3 Å². The van der Waals surface area contributed by atoms with Crippen molar-refractivity contribution in [1.29, 1.82) is 0 Å². The number of thiazole rings is 1. The second-order valence-corrected chi connectivity index (χ2v) is 6.43. The van der Waals surface area contributed by atoms with Crippen LogP contribution in [0.25, 0.3) is 0 Å². The molecule has 2 heterocycles. The molecule has 4 heteroatoms. The fourth-order valence-corrected chi connectivity index (χ4v) is 3.66. The lowest BCUT2D eigenvalue weighted by atomic mass is 9.75. The molecule has 1 fully saturated rings. The smallest absolute Gasteiger partial charge is 0.107 e. The van der Waals surface area contributed by atoms with E-state index in [9.17, 15) is 0 Å². The summed E-state index contributed by atoms with van der Waals surface area (Å²) < 4.78 is 0. The lowest BCUT2D eigenvalue weighted by Gasteiger charge is -2.38. The van der Waals surface area contributed by atoms with Gasteiger partial charge < -0.3 is 10.6 Å². The first kappa shape index (κ1) is 14.0. The van der Waals surface area contributed by atoms with Crippen molar-refractivity contribution < 1.29 is 0 Å². The van der Waals surface area contributed by atoms with E-state index in [1.807, 2.05) is 0 Å². The highest BCUT2D eigenvalue weighted by molar-refractivity contribution is 7.09. The molecule has 2 rings (SSSR count). The van der Waals surface area contributed by atoms with E-state index in [0.29, 0.717) is 5.41 Å². The quantitative estimate of drug-likeness (QED) is 0.832. The Hall–Kier alpha value is -0.450. The zero-order valence-electron chi connectivity index (χ0n) is 11.6. The molecule has 18 heavy (non-hydrogen) atoms. The predicted molar refractivity (Wildman–Crippen MR) is 78.0 cm³/mol.